The Labute approximate surface area is 283 Å². The van der Waals surface area contributed by atoms with Crippen LogP contribution in [0.1, 0.15) is 60.0 Å². The SMILES string of the molecule is Cc1c(C2CC2)nc2ccccc2c1-c1ccc(F)cc1.Fc1ccc(-c2c(CBr)c(C3CC3)nc3ccccc23)cc1.[B]=NS. The van der Waals surface area contributed by atoms with Gasteiger partial charge < -0.3 is 0 Å². The summed E-state index contributed by atoms with van der Waals surface area (Å²) in [7, 11) is 4.34. The van der Waals surface area contributed by atoms with Crippen molar-refractivity contribution >= 4 is 58.2 Å². The van der Waals surface area contributed by atoms with Crippen molar-refractivity contribution in [3.05, 3.63) is 131 Å². The molecule has 0 aliphatic heterocycles. The van der Waals surface area contributed by atoms with E-state index < -0.39 is 0 Å². The van der Waals surface area contributed by atoms with Gasteiger partial charge in [-0.25, -0.2) is 8.78 Å². The van der Waals surface area contributed by atoms with E-state index in [2.05, 4.69) is 71.9 Å². The van der Waals surface area contributed by atoms with Crippen molar-refractivity contribution in [2.45, 2.75) is 49.8 Å². The standard InChI is InChI=1S/C19H15BrFN.C19H16FN.BHNS/c20-11-16-18(12-7-9-14(21)10-8-12)15-3-1-2-4-17(15)22-19(16)13-5-6-13;1-12-18(13-8-10-15(20)11-9-13)16-4-2-3-5-17(16)21-19(12)14-6-7-14;1-2-3/h1-4,7-10,13H,5-6,11H2;2-5,8-11,14H,6-7H2,1H3;3H. The molecule has 0 atom stereocenters. The van der Waals surface area contributed by atoms with Crippen LogP contribution < -0.4 is 0 Å². The van der Waals surface area contributed by atoms with Crippen LogP contribution in [-0.2, 0) is 5.33 Å². The van der Waals surface area contributed by atoms with Gasteiger partial charge in [-0.05, 0) is 102 Å². The number of aromatic nitrogens is 2. The molecule has 2 aliphatic rings. The Hall–Kier alpha value is -3.75. The normalized spacial score (nSPS) is 13.8. The average molecular weight is 691 g/mol. The first-order valence-corrected chi connectivity index (χ1v) is 16.9. The maximum absolute atomic E-state index is 13.3. The molecule has 2 saturated carbocycles. The van der Waals surface area contributed by atoms with Gasteiger partial charge >= 0.3 is 24.8 Å². The van der Waals surface area contributed by atoms with Gasteiger partial charge in [-0.3, -0.25) is 9.97 Å². The fourth-order valence-corrected chi connectivity index (χ4v) is 6.68. The van der Waals surface area contributed by atoms with Gasteiger partial charge in [0.15, 0.2) is 0 Å². The van der Waals surface area contributed by atoms with E-state index >= 15 is 0 Å². The number of hydrogen-bond acceptors (Lipinski definition) is 4. The number of halogens is 3. The van der Waals surface area contributed by atoms with Crippen LogP contribution in [0.3, 0.4) is 0 Å². The molecule has 1 radical (unpaired) electrons. The van der Waals surface area contributed by atoms with E-state index in [1.807, 2.05) is 48.5 Å². The minimum absolute atomic E-state index is 0.197. The van der Waals surface area contributed by atoms with Gasteiger partial charge in [0.05, 0.1) is 11.0 Å². The van der Waals surface area contributed by atoms with Crippen molar-refractivity contribution < 1.29 is 8.78 Å². The zero-order chi connectivity index (χ0) is 32.2. The van der Waals surface area contributed by atoms with Crippen molar-refractivity contribution in [2.24, 2.45) is 4.30 Å². The van der Waals surface area contributed by atoms with Crippen LogP contribution in [-0.4, -0.2) is 17.6 Å². The third kappa shape index (κ3) is 6.98. The molecule has 2 heterocycles. The van der Waals surface area contributed by atoms with Crippen LogP contribution in [0.2, 0.25) is 0 Å². The Morgan fingerprint density at radius 2 is 1.11 bits per heavy atom. The Balaban J connectivity index is 0.000000149. The summed E-state index contributed by atoms with van der Waals surface area (Å²) >= 11 is 6.83. The zero-order valence-electron chi connectivity index (χ0n) is 25.4. The third-order valence-corrected chi connectivity index (χ3v) is 9.09. The average Bonchev–Trinajstić information content (AvgIpc) is 4.00. The Morgan fingerprint density at radius 3 is 1.59 bits per heavy atom. The van der Waals surface area contributed by atoms with Crippen molar-refractivity contribution in [3.63, 3.8) is 0 Å². The summed E-state index contributed by atoms with van der Waals surface area (Å²) < 4.78 is 29.2. The van der Waals surface area contributed by atoms with Gasteiger partial charge in [-0.15, -0.1) is 0 Å². The molecule has 0 unspecified atom stereocenters. The molecule has 8 heteroatoms. The van der Waals surface area contributed by atoms with E-state index in [4.69, 9.17) is 9.97 Å². The number of para-hydroxylation sites is 2. The quantitative estimate of drug-likeness (QED) is 0.111. The minimum atomic E-state index is -0.204. The predicted molar refractivity (Wildman–Crippen MR) is 193 cm³/mol. The second kappa shape index (κ2) is 14.3. The van der Waals surface area contributed by atoms with Gasteiger partial charge in [0.25, 0.3) is 0 Å². The molecule has 0 bridgehead atoms. The molecule has 0 amide bonds. The predicted octanol–water partition coefficient (Wildman–Crippen LogP) is 11.2. The molecule has 0 N–H and O–H groups in total. The molecular weight excluding hydrogens is 659 g/mol. The third-order valence-electron chi connectivity index (χ3n) is 8.53. The molecule has 2 aromatic heterocycles. The fourth-order valence-electron chi connectivity index (χ4n) is 6.12. The van der Waals surface area contributed by atoms with Crippen LogP contribution in [0.15, 0.2) is 101 Å². The van der Waals surface area contributed by atoms with Crippen molar-refractivity contribution in [3.8, 4) is 22.3 Å². The Kier molecular flexibility index (Phi) is 10.0. The second-order valence-electron chi connectivity index (χ2n) is 11.7. The number of benzene rings is 4. The van der Waals surface area contributed by atoms with E-state index in [9.17, 15) is 8.78 Å². The van der Waals surface area contributed by atoms with E-state index in [1.165, 1.54) is 83.6 Å². The molecule has 3 nitrogen and oxygen atoms in total. The first-order chi connectivity index (χ1) is 22.4. The van der Waals surface area contributed by atoms with Crippen molar-refractivity contribution in [1.82, 2.24) is 9.97 Å². The molecule has 2 fully saturated rings. The summed E-state index contributed by atoms with van der Waals surface area (Å²) in [5.41, 5.74) is 11.5. The molecule has 4 aromatic carbocycles. The molecular formula is C38H32BBrF2N3S. The number of thiol groups is 1. The molecule has 0 saturated heterocycles. The van der Waals surface area contributed by atoms with Crippen LogP contribution in [0, 0.1) is 18.6 Å². The fraction of sp³-hybridized carbons (Fsp3) is 0.211. The Bertz CT molecular complexity index is 2010. The number of pyridine rings is 2. The van der Waals surface area contributed by atoms with Crippen molar-refractivity contribution in [2.75, 3.05) is 0 Å². The second-order valence-corrected chi connectivity index (χ2v) is 12.5. The van der Waals surface area contributed by atoms with Gasteiger partial charge in [0, 0.05) is 39.3 Å². The molecule has 2 aliphatic carbocycles. The number of fused-ring (bicyclic) bond motifs is 2. The van der Waals surface area contributed by atoms with Crippen molar-refractivity contribution in [1.29, 1.82) is 0 Å². The first kappa shape index (κ1) is 32.2. The number of nitrogens with zero attached hydrogens (tertiary/aromatic N) is 3. The van der Waals surface area contributed by atoms with Crippen LogP contribution in [0.4, 0.5) is 8.78 Å². The summed E-state index contributed by atoms with van der Waals surface area (Å²) in [5, 5.41) is 3.04. The first-order valence-electron chi connectivity index (χ1n) is 15.4. The van der Waals surface area contributed by atoms with Crippen LogP contribution in [0.25, 0.3) is 44.1 Å². The van der Waals surface area contributed by atoms with Gasteiger partial charge in [-0.2, -0.15) is 0 Å². The number of hydrogen-bond donors (Lipinski definition) is 1. The molecule has 46 heavy (non-hydrogen) atoms. The van der Waals surface area contributed by atoms with E-state index in [-0.39, 0.29) is 11.6 Å². The summed E-state index contributed by atoms with van der Waals surface area (Å²) in [5.74, 6) is 0.785. The maximum atomic E-state index is 13.3. The molecule has 0 spiro atoms. The summed E-state index contributed by atoms with van der Waals surface area (Å²) in [4.78, 5) is 9.77. The summed E-state index contributed by atoms with van der Waals surface area (Å²) in [6.07, 6.45) is 4.90. The Morgan fingerprint density at radius 1 is 0.696 bits per heavy atom. The number of alkyl halides is 1. The van der Waals surface area contributed by atoms with Gasteiger partial charge in [0.1, 0.15) is 11.6 Å². The topological polar surface area (TPSA) is 38.1 Å². The van der Waals surface area contributed by atoms with Crippen LogP contribution >= 0.6 is 28.7 Å². The van der Waals surface area contributed by atoms with Gasteiger partial charge in [-0.1, -0.05) is 76.6 Å². The summed E-state index contributed by atoms with van der Waals surface area (Å²) in [6, 6.07) is 30.0. The van der Waals surface area contributed by atoms with Gasteiger partial charge in [0.2, 0.25) is 0 Å². The molecule has 229 valence electrons. The van der Waals surface area contributed by atoms with Crippen LogP contribution in [0.5, 0.6) is 0 Å². The zero-order valence-corrected chi connectivity index (χ0v) is 27.9. The van der Waals surface area contributed by atoms with E-state index in [1.54, 1.807) is 0 Å². The molecule has 8 rings (SSSR count). The summed E-state index contributed by atoms with van der Waals surface area (Å²) in [6.45, 7) is 2.14. The van der Waals surface area contributed by atoms with E-state index in [0.717, 1.165) is 38.3 Å². The monoisotopic (exact) mass is 690 g/mol. The molecule has 6 aromatic rings. The van der Waals surface area contributed by atoms with E-state index in [0.29, 0.717) is 11.8 Å². The number of rotatable bonds is 5.